The molecule has 4 aliphatic heterocycles. The van der Waals surface area contributed by atoms with E-state index in [1.54, 1.807) is 16.8 Å². The molecule has 2 aromatic rings. The fourth-order valence-electron chi connectivity index (χ4n) is 4.51. The van der Waals surface area contributed by atoms with Gasteiger partial charge in [0.15, 0.2) is 0 Å². The molecular weight excluding hydrogens is 362 g/mol. The molecular formula is C19H23N5O2S. The van der Waals surface area contributed by atoms with Crippen LogP contribution in [0.1, 0.15) is 23.3 Å². The number of aromatic nitrogens is 1. The Bertz CT molecular complexity index is 905. The summed E-state index contributed by atoms with van der Waals surface area (Å²) >= 11 is 1.34. The summed E-state index contributed by atoms with van der Waals surface area (Å²) in [5.74, 6) is 0.485. The molecule has 4 saturated heterocycles. The number of likely N-dealkylation sites (N-methyl/N-ethyl adjacent to an activating group) is 1. The Labute approximate surface area is 162 Å². The maximum atomic E-state index is 12.9. The number of benzene rings is 1. The van der Waals surface area contributed by atoms with Crippen LogP contribution in [0.2, 0.25) is 0 Å². The number of fused-ring (bicyclic) bond motifs is 4. The predicted molar refractivity (Wildman–Crippen MR) is 105 cm³/mol. The van der Waals surface area contributed by atoms with E-state index in [4.69, 9.17) is 0 Å². The summed E-state index contributed by atoms with van der Waals surface area (Å²) in [4.78, 5) is 31.1. The van der Waals surface area contributed by atoms with E-state index >= 15 is 0 Å². The minimum absolute atomic E-state index is 0.00387. The second-order valence-corrected chi connectivity index (χ2v) is 8.59. The molecule has 2 bridgehead atoms. The molecule has 0 spiro atoms. The Morgan fingerprint density at radius 1 is 1.22 bits per heavy atom. The summed E-state index contributed by atoms with van der Waals surface area (Å²) < 4.78 is 5.40. The van der Waals surface area contributed by atoms with Crippen molar-refractivity contribution in [1.82, 2.24) is 19.5 Å². The predicted octanol–water partition coefficient (Wildman–Crippen LogP) is 1.99. The summed E-state index contributed by atoms with van der Waals surface area (Å²) in [5.41, 5.74) is 1.31. The highest BCUT2D eigenvalue weighted by Crippen LogP contribution is 2.31. The lowest BCUT2D eigenvalue weighted by atomic mass is 9.84. The van der Waals surface area contributed by atoms with Crippen molar-refractivity contribution in [3.8, 4) is 0 Å². The maximum Gasteiger partial charge on any atom is 0.324 e. The van der Waals surface area contributed by atoms with Crippen LogP contribution >= 0.6 is 11.5 Å². The summed E-state index contributed by atoms with van der Waals surface area (Å²) in [6, 6.07) is 6.04. The molecule has 1 aromatic carbocycles. The smallest absolute Gasteiger partial charge is 0.324 e. The van der Waals surface area contributed by atoms with E-state index in [1.165, 1.54) is 11.5 Å². The molecule has 0 saturated carbocycles. The molecule has 6 rings (SSSR count). The van der Waals surface area contributed by atoms with Crippen molar-refractivity contribution in [3.05, 3.63) is 23.9 Å². The monoisotopic (exact) mass is 385 g/mol. The number of carbonyl (C=O) groups is 2. The molecule has 1 N–H and O–H groups in total. The zero-order chi connectivity index (χ0) is 18.5. The van der Waals surface area contributed by atoms with Gasteiger partial charge in [0, 0.05) is 43.8 Å². The van der Waals surface area contributed by atoms with Crippen LogP contribution in [-0.4, -0.2) is 71.9 Å². The fourth-order valence-corrected chi connectivity index (χ4v) is 5.26. The van der Waals surface area contributed by atoms with Crippen molar-refractivity contribution >= 4 is 39.2 Å². The molecule has 0 radical (unpaired) electrons. The number of hydrogen-bond donors (Lipinski definition) is 1. The Morgan fingerprint density at radius 3 is 2.70 bits per heavy atom. The third kappa shape index (κ3) is 2.87. The van der Waals surface area contributed by atoms with Gasteiger partial charge < -0.3 is 15.1 Å². The Balaban J connectivity index is 1.40. The van der Waals surface area contributed by atoms with Crippen LogP contribution in [0.25, 0.3) is 10.1 Å². The topological polar surface area (TPSA) is 68.8 Å². The molecule has 27 heavy (non-hydrogen) atoms. The summed E-state index contributed by atoms with van der Waals surface area (Å²) in [5, 5.41) is 4.06. The second kappa shape index (κ2) is 6.45. The van der Waals surface area contributed by atoms with Crippen LogP contribution in [0.15, 0.2) is 18.2 Å². The molecule has 7 nitrogen and oxygen atoms in total. The van der Waals surface area contributed by atoms with Gasteiger partial charge in [-0.2, -0.15) is 4.37 Å². The van der Waals surface area contributed by atoms with E-state index < -0.39 is 0 Å². The molecule has 4 fully saturated rings. The zero-order valence-electron chi connectivity index (χ0n) is 15.4. The van der Waals surface area contributed by atoms with Gasteiger partial charge in [0.2, 0.25) is 0 Å². The van der Waals surface area contributed by atoms with Gasteiger partial charge in [0.25, 0.3) is 5.91 Å². The number of urea groups is 1. The number of anilines is 1. The van der Waals surface area contributed by atoms with Crippen LogP contribution < -0.4 is 10.2 Å². The van der Waals surface area contributed by atoms with Crippen molar-refractivity contribution < 1.29 is 9.59 Å². The lowest BCUT2D eigenvalue weighted by Crippen LogP contribution is -2.57. The van der Waals surface area contributed by atoms with Gasteiger partial charge in [-0.3, -0.25) is 9.69 Å². The lowest BCUT2D eigenvalue weighted by Gasteiger charge is -2.44. The number of nitrogens with one attached hydrogen (secondary N) is 1. The molecule has 5 heterocycles. The molecule has 3 amide bonds. The quantitative estimate of drug-likeness (QED) is 0.877. The first-order chi connectivity index (χ1) is 13.1. The van der Waals surface area contributed by atoms with Crippen LogP contribution in [0.3, 0.4) is 0 Å². The van der Waals surface area contributed by atoms with E-state index in [2.05, 4.69) is 14.6 Å². The highest BCUT2D eigenvalue weighted by molar-refractivity contribution is 7.13. The fraction of sp³-hybridized carbons (Fsp3) is 0.526. The van der Waals surface area contributed by atoms with E-state index in [1.807, 2.05) is 18.2 Å². The largest absolute Gasteiger partial charge is 0.346 e. The third-order valence-electron chi connectivity index (χ3n) is 6.17. The third-order valence-corrected chi connectivity index (χ3v) is 7.00. The maximum absolute atomic E-state index is 12.9. The van der Waals surface area contributed by atoms with Crippen LogP contribution in [0.5, 0.6) is 0 Å². The zero-order valence-corrected chi connectivity index (χ0v) is 16.2. The van der Waals surface area contributed by atoms with Gasteiger partial charge in [0.05, 0.1) is 4.70 Å². The van der Waals surface area contributed by atoms with Gasteiger partial charge >= 0.3 is 6.03 Å². The molecule has 0 unspecified atom stereocenters. The second-order valence-electron chi connectivity index (χ2n) is 7.79. The Morgan fingerprint density at radius 2 is 2.04 bits per heavy atom. The SMILES string of the molecule is CN1CCN(c2ccc3snc(C(=O)N[C@@H]4CN5CCC4CC5)c3c2)C1=O. The highest BCUT2D eigenvalue weighted by Gasteiger charge is 2.35. The van der Waals surface area contributed by atoms with Crippen molar-refractivity contribution in [2.24, 2.45) is 5.92 Å². The number of amides is 3. The summed E-state index contributed by atoms with van der Waals surface area (Å²) in [6.45, 7) is 4.63. The highest BCUT2D eigenvalue weighted by atomic mass is 32.1. The average Bonchev–Trinajstić information content (AvgIpc) is 3.26. The number of rotatable bonds is 3. The number of nitrogens with zero attached hydrogens (tertiary/aromatic N) is 4. The first-order valence-corrected chi connectivity index (χ1v) is 10.3. The number of carbonyl (C=O) groups excluding carboxylic acids is 2. The van der Waals surface area contributed by atoms with Gasteiger partial charge in [0.1, 0.15) is 5.69 Å². The molecule has 1 aromatic heterocycles. The summed E-state index contributed by atoms with van der Waals surface area (Å²) in [6.07, 6.45) is 2.33. The minimum Gasteiger partial charge on any atom is -0.346 e. The normalized spacial score (nSPS) is 27.6. The van der Waals surface area contributed by atoms with Crippen molar-refractivity contribution in [1.29, 1.82) is 0 Å². The average molecular weight is 385 g/mol. The van der Waals surface area contributed by atoms with Crippen LogP contribution in [0.4, 0.5) is 10.5 Å². The van der Waals surface area contributed by atoms with Crippen LogP contribution in [0, 0.1) is 5.92 Å². The van der Waals surface area contributed by atoms with Crippen molar-refractivity contribution in [3.63, 3.8) is 0 Å². The van der Waals surface area contributed by atoms with Gasteiger partial charge in [-0.05, 0) is 61.6 Å². The Hall–Kier alpha value is -2.19. The standard InChI is InChI=1S/C19H23N5O2S/c1-22-8-9-24(19(22)26)13-2-3-16-14(10-13)17(21-27-16)18(25)20-15-11-23-6-4-12(15)5-7-23/h2-3,10,12,15H,4-9,11H2,1H3,(H,20,25)/t15-/m1/s1. The molecule has 8 heteroatoms. The van der Waals surface area contributed by atoms with Gasteiger partial charge in [-0.25, -0.2) is 4.79 Å². The lowest BCUT2D eigenvalue weighted by molar-refractivity contribution is 0.0619. The van der Waals surface area contributed by atoms with E-state index in [-0.39, 0.29) is 18.0 Å². The van der Waals surface area contributed by atoms with Crippen molar-refractivity contribution in [2.75, 3.05) is 44.7 Å². The molecule has 1 atom stereocenters. The van der Waals surface area contributed by atoms with E-state index in [0.717, 1.165) is 48.2 Å². The molecule has 142 valence electrons. The summed E-state index contributed by atoms with van der Waals surface area (Å²) in [7, 11) is 1.81. The van der Waals surface area contributed by atoms with Gasteiger partial charge in [-0.15, -0.1) is 0 Å². The first-order valence-electron chi connectivity index (χ1n) is 9.55. The van der Waals surface area contributed by atoms with Gasteiger partial charge in [-0.1, -0.05) is 0 Å². The molecule has 0 aliphatic carbocycles. The van der Waals surface area contributed by atoms with Crippen LogP contribution in [-0.2, 0) is 0 Å². The molecule has 4 aliphatic rings. The number of hydrogen-bond acceptors (Lipinski definition) is 5. The number of piperidine rings is 3. The van der Waals surface area contributed by atoms with E-state index in [9.17, 15) is 9.59 Å². The minimum atomic E-state index is -0.0954. The first kappa shape index (κ1) is 16.9. The Kier molecular flexibility index (Phi) is 4.05. The van der Waals surface area contributed by atoms with E-state index in [0.29, 0.717) is 24.7 Å². The van der Waals surface area contributed by atoms with Crippen molar-refractivity contribution in [2.45, 2.75) is 18.9 Å².